The minimum atomic E-state index is -2.59. The van der Waals surface area contributed by atoms with Crippen molar-refractivity contribution in [1.82, 2.24) is 0 Å². The molecule has 0 saturated carbocycles. The van der Waals surface area contributed by atoms with Gasteiger partial charge in [0, 0.05) is 26.5 Å². The van der Waals surface area contributed by atoms with Crippen molar-refractivity contribution in [1.29, 1.82) is 0 Å². The van der Waals surface area contributed by atoms with Crippen molar-refractivity contribution < 1.29 is 13.3 Å². The quantitative estimate of drug-likeness (QED) is 0.568. The van der Waals surface area contributed by atoms with E-state index in [2.05, 4.69) is 0 Å². The number of benzene rings is 1. The second-order valence-corrected chi connectivity index (χ2v) is 5.45. The summed E-state index contributed by atoms with van der Waals surface area (Å²) >= 11 is 0. The van der Waals surface area contributed by atoms with Crippen molar-refractivity contribution in [2.24, 2.45) is 0 Å². The van der Waals surface area contributed by atoms with Crippen LogP contribution in [-0.2, 0) is 13.3 Å². The van der Waals surface area contributed by atoms with Crippen LogP contribution in [0.4, 0.5) is 0 Å². The lowest BCUT2D eigenvalue weighted by atomic mass is 10.4. The van der Waals surface area contributed by atoms with Gasteiger partial charge in [-0.1, -0.05) is 30.3 Å². The summed E-state index contributed by atoms with van der Waals surface area (Å²) in [6.07, 6.45) is 0. The third-order valence-electron chi connectivity index (χ3n) is 1.93. The normalized spacial score (nSPS) is 10.8. The van der Waals surface area contributed by atoms with Crippen molar-refractivity contribution in [3.05, 3.63) is 30.3 Å². The van der Waals surface area contributed by atoms with Crippen molar-refractivity contribution in [2.45, 2.75) is 0 Å². The van der Waals surface area contributed by atoms with Gasteiger partial charge in [0.25, 0.3) is 0 Å². The van der Waals surface area contributed by atoms with Gasteiger partial charge in [-0.3, -0.25) is 0 Å². The van der Waals surface area contributed by atoms with E-state index in [1.54, 1.807) is 21.3 Å². The molecule has 3 nitrogen and oxygen atoms in total. The van der Waals surface area contributed by atoms with Crippen LogP contribution in [0.5, 0.6) is 0 Å². The van der Waals surface area contributed by atoms with Crippen LogP contribution >= 0.6 is 9.90 Å². The summed E-state index contributed by atoms with van der Waals surface area (Å²) in [5, 5.41) is 0.975. The van der Waals surface area contributed by atoms with E-state index in [9.17, 15) is 0 Å². The molecule has 1 atom stereocenters. The molecule has 0 aliphatic carbocycles. The third-order valence-corrected chi connectivity index (χ3v) is 4.59. The second kappa shape index (κ2) is 6.27. The third kappa shape index (κ3) is 2.62. The Labute approximate surface area is 89.4 Å². The molecule has 0 bridgehead atoms. The molecule has 1 aromatic rings. The molecule has 0 amide bonds. The topological polar surface area (TPSA) is 27.7 Å². The fraction of sp³-hybridized carbons (Fsp3) is 0.333. The van der Waals surface area contributed by atoms with Crippen LogP contribution in [0.25, 0.3) is 0 Å². The number of hydrogen-bond acceptors (Lipinski definition) is 3. The first kappa shape index (κ1) is 13.7. The Hall–Kier alpha value is -0.253. The average molecular weight is 232 g/mol. The lowest BCUT2D eigenvalue weighted by Gasteiger charge is -2.24. The first-order valence-electron chi connectivity index (χ1n) is 4.00. The summed E-state index contributed by atoms with van der Waals surface area (Å²) in [7, 11) is 2.22. The van der Waals surface area contributed by atoms with E-state index in [0.29, 0.717) is 0 Å². The minimum Gasteiger partial charge on any atom is -0.373 e. The summed E-state index contributed by atoms with van der Waals surface area (Å²) in [5.41, 5.74) is 0. The molecule has 80 valence electrons. The van der Waals surface area contributed by atoms with E-state index >= 15 is 0 Å². The Morgan fingerprint density at radius 1 is 0.857 bits per heavy atom. The van der Waals surface area contributed by atoms with Crippen LogP contribution in [0, 0.1) is 0 Å². The maximum Gasteiger partial charge on any atom is 0.536 e. The zero-order chi connectivity index (χ0) is 9.73. The fourth-order valence-corrected chi connectivity index (χ4v) is 3.05. The Balaban J connectivity index is 0.00000169. The molecular formula is C9H17O3PSi. The van der Waals surface area contributed by atoms with Crippen LogP contribution in [0.2, 0.25) is 0 Å². The summed E-state index contributed by atoms with van der Waals surface area (Å²) in [4.78, 5) is 0. The van der Waals surface area contributed by atoms with Crippen LogP contribution in [-0.4, -0.2) is 30.1 Å². The van der Waals surface area contributed by atoms with Gasteiger partial charge in [0.1, 0.15) is 0 Å². The number of rotatable bonds is 4. The van der Waals surface area contributed by atoms with E-state index in [4.69, 9.17) is 13.3 Å². The molecule has 1 aromatic carbocycles. The maximum absolute atomic E-state index is 5.32. The second-order valence-electron chi connectivity index (χ2n) is 2.53. The molecule has 1 rings (SSSR count). The highest BCUT2D eigenvalue weighted by atomic mass is 31.0. The first-order valence-corrected chi connectivity index (χ1v) is 5.72. The van der Waals surface area contributed by atoms with E-state index in [-0.39, 0.29) is 9.90 Å². The molecule has 0 heterocycles. The molecule has 0 spiro atoms. The van der Waals surface area contributed by atoms with Crippen molar-refractivity contribution in [3.8, 4) is 0 Å². The minimum absolute atomic E-state index is 0. The van der Waals surface area contributed by atoms with E-state index < -0.39 is 8.80 Å². The molecule has 5 heteroatoms. The zero-order valence-electron chi connectivity index (χ0n) is 8.82. The van der Waals surface area contributed by atoms with Gasteiger partial charge in [-0.25, -0.2) is 0 Å². The maximum atomic E-state index is 5.32. The highest BCUT2D eigenvalue weighted by Gasteiger charge is 2.40. The van der Waals surface area contributed by atoms with E-state index in [1.165, 1.54) is 0 Å². The average Bonchev–Trinajstić information content (AvgIpc) is 2.23. The predicted octanol–water partition coefficient (Wildman–Crippen LogP) is 0.830. The first-order chi connectivity index (χ1) is 6.29. The summed E-state index contributed by atoms with van der Waals surface area (Å²) < 4.78 is 16.0. The van der Waals surface area contributed by atoms with Gasteiger partial charge in [-0.15, -0.1) is 0 Å². The van der Waals surface area contributed by atoms with Crippen molar-refractivity contribution in [3.63, 3.8) is 0 Å². The van der Waals surface area contributed by atoms with E-state index in [1.807, 2.05) is 30.3 Å². The molecule has 0 fully saturated rings. The summed E-state index contributed by atoms with van der Waals surface area (Å²) in [6, 6.07) is 9.72. The lowest BCUT2D eigenvalue weighted by molar-refractivity contribution is 0.140. The Morgan fingerprint density at radius 2 is 1.29 bits per heavy atom. The fourth-order valence-electron chi connectivity index (χ4n) is 1.25. The molecule has 1 unspecified atom stereocenters. The van der Waals surface area contributed by atoms with Gasteiger partial charge < -0.3 is 13.3 Å². The highest BCUT2D eigenvalue weighted by molar-refractivity contribution is 6.92. The molecule has 0 aromatic heterocycles. The molecule has 0 saturated heterocycles. The smallest absolute Gasteiger partial charge is 0.373 e. The van der Waals surface area contributed by atoms with Crippen LogP contribution in [0.15, 0.2) is 30.3 Å². The van der Waals surface area contributed by atoms with Gasteiger partial charge in [0.15, 0.2) is 0 Å². The van der Waals surface area contributed by atoms with Crippen LogP contribution in [0.3, 0.4) is 0 Å². The Bertz CT molecular complexity index is 243. The predicted molar refractivity (Wildman–Crippen MR) is 64.0 cm³/mol. The van der Waals surface area contributed by atoms with Gasteiger partial charge in [0.05, 0.1) is 0 Å². The van der Waals surface area contributed by atoms with Crippen molar-refractivity contribution in [2.75, 3.05) is 21.3 Å². The Kier molecular flexibility index (Phi) is 6.16. The van der Waals surface area contributed by atoms with E-state index in [0.717, 1.165) is 5.19 Å². The molecule has 0 N–H and O–H groups in total. The van der Waals surface area contributed by atoms with Gasteiger partial charge >= 0.3 is 8.80 Å². The lowest BCUT2D eigenvalue weighted by Crippen LogP contribution is -2.54. The van der Waals surface area contributed by atoms with Crippen LogP contribution in [0.1, 0.15) is 0 Å². The van der Waals surface area contributed by atoms with Crippen molar-refractivity contribution >= 4 is 23.9 Å². The molecule has 0 aliphatic heterocycles. The molecule has 0 radical (unpaired) electrons. The largest absolute Gasteiger partial charge is 0.536 e. The zero-order valence-corrected chi connectivity index (χ0v) is 11.2. The molecular weight excluding hydrogens is 215 g/mol. The van der Waals surface area contributed by atoms with Gasteiger partial charge in [0.2, 0.25) is 0 Å². The summed E-state index contributed by atoms with van der Waals surface area (Å²) in [6.45, 7) is 0. The summed E-state index contributed by atoms with van der Waals surface area (Å²) in [5.74, 6) is 0. The highest BCUT2D eigenvalue weighted by Crippen LogP contribution is 2.05. The number of hydrogen-bond donors (Lipinski definition) is 0. The SMILES string of the molecule is CO[Si](OC)(OC)c1ccccc1.P. The van der Waals surface area contributed by atoms with Gasteiger partial charge in [-0.05, 0) is 0 Å². The van der Waals surface area contributed by atoms with Gasteiger partial charge in [-0.2, -0.15) is 9.90 Å². The molecule has 14 heavy (non-hydrogen) atoms. The standard InChI is InChI=1S/C9H14O3Si.H3P/c1-10-13(11-2,12-3)9-7-5-4-6-8-9;/h4-8H,1-3H3;1H3. The molecule has 0 aliphatic rings. The monoisotopic (exact) mass is 232 g/mol. The Morgan fingerprint density at radius 3 is 1.64 bits per heavy atom. The van der Waals surface area contributed by atoms with Crippen LogP contribution < -0.4 is 5.19 Å².